The Balaban J connectivity index is 1.58. The van der Waals surface area contributed by atoms with Crippen molar-refractivity contribution in [1.82, 2.24) is 10.2 Å². The Morgan fingerprint density at radius 2 is 1.46 bits per heavy atom. The van der Waals surface area contributed by atoms with Crippen molar-refractivity contribution in [2.75, 3.05) is 31.6 Å². The van der Waals surface area contributed by atoms with Crippen LogP contribution in [-0.4, -0.2) is 54.6 Å². The van der Waals surface area contributed by atoms with E-state index in [0.29, 0.717) is 44.0 Å². The number of carbonyl (C=O) groups is 2. The number of hydrogen-bond donors (Lipinski definition) is 2. The number of rotatable bonds is 6. The Hall–Kier alpha value is -3.45. The fourth-order valence-corrected chi connectivity index (χ4v) is 5.03. The van der Waals surface area contributed by atoms with Crippen LogP contribution in [0.3, 0.4) is 0 Å². The van der Waals surface area contributed by atoms with E-state index >= 15 is 0 Å². The fraction of sp³-hybridized carbons (Fsp3) is 0.429. The number of hydrogen-bond acceptors (Lipinski definition) is 4. The summed E-state index contributed by atoms with van der Waals surface area (Å²) in [5.74, 6) is -2.11. The molecule has 41 heavy (non-hydrogen) atoms. The van der Waals surface area contributed by atoms with Gasteiger partial charge in [0.2, 0.25) is 11.8 Å². The summed E-state index contributed by atoms with van der Waals surface area (Å²) in [6.45, 7) is 1.87. The summed E-state index contributed by atoms with van der Waals surface area (Å²) in [4.78, 5) is 28.6. The first kappa shape index (κ1) is 30.5. The fourth-order valence-electron chi connectivity index (χ4n) is 5.03. The lowest BCUT2D eigenvalue weighted by molar-refractivity contribution is -0.143. The van der Waals surface area contributed by atoms with E-state index in [1.807, 2.05) is 0 Å². The third-order valence-corrected chi connectivity index (χ3v) is 7.30. The smallest absolute Gasteiger partial charge is 0.381 e. The number of anilines is 1. The summed E-state index contributed by atoms with van der Waals surface area (Å²) in [6, 6.07) is 6.27. The van der Waals surface area contributed by atoms with Crippen LogP contribution in [0.5, 0.6) is 0 Å². The van der Waals surface area contributed by atoms with E-state index in [2.05, 4.69) is 15.5 Å². The molecule has 2 aromatic carbocycles. The van der Waals surface area contributed by atoms with E-state index in [1.54, 1.807) is 0 Å². The average molecular weight is 588 g/mol. The van der Waals surface area contributed by atoms with E-state index in [-0.39, 0.29) is 24.9 Å². The molecule has 0 radical (unpaired) electrons. The van der Waals surface area contributed by atoms with Crippen LogP contribution >= 0.6 is 0 Å². The highest BCUT2D eigenvalue weighted by atomic mass is 19.4. The van der Waals surface area contributed by atoms with E-state index < -0.39 is 52.3 Å². The number of likely N-dealkylation sites (tertiary alicyclic amines) is 1. The number of piperidine rings is 1. The first-order valence-corrected chi connectivity index (χ1v) is 12.9. The van der Waals surface area contributed by atoms with Gasteiger partial charge in [-0.05, 0) is 67.7 Å². The molecule has 2 amide bonds. The molecule has 0 spiro atoms. The van der Waals surface area contributed by atoms with Crippen LogP contribution in [0.15, 0.2) is 48.5 Å². The lowest BCUT2D eigenvalue weighted by Gasteiger charge is -2.44. The highest BCUT2D eigenvalue weighted by Crippen LogP contribution is 2.38. The van der Waals surface area contributed by atoms with E-state index in [0.717, 1.165) is 18.9 Å². The normalized spacial score (nSPS) is 18.8. The molecule has 0 atom stereocenters. The van der Waals surface area contributed by atoms with Gasteiger partial charge in [0.1, 0.15) is 11.4 Å². The van der Waals surface area contributed by atoms with Crippen LogP contribution in [0.4, 0.5) is 36.4 Å². The highest BCUT2D eigenvalue weighted by molar-refractivity contribution is 6.03. The lowest BCUT2D eigenvalue weighted by Crippen LogP contribution is -2.62. The van der Waals surface area contributed by atoms with Crippen LogP contribution in [0.1, 0.15) is 42.4 Å². The third kappa shape index (κ3) is 7.85. The number of halogens is 7. The minimum atomic E-state index is -5.09. The topological polar surface area (TPSA) is 70.7 Å². The molecule has 6 nitrogen and oxygen atoms in total. The predicted octanol–water partition coefficient (Wildman–Crippen LogP) is 5.65. The molecule has 2 fully saturated rings. The van der Waals surface area contributed by atoms with E-state index in [9.17, 15) is 40.3 Å². The largest absolute Gasteiger partial charge is 0.416 e. The quantitative estimate of drug-likeness (QED) is 0.339. The summed E-state index contributed by atoms with van der Waals surface area (Å²) in [7, 11) is 0. The molecule has 0 aromatic heterocycles. The molecule has 2 heterocycles. The third-order valence-electron chi connectivity index (χ3n) is 7.30. The van der Waals surface area contributed by atoms with Crippen molar-refractivity contribution >= 4 is 23.6 Å². The van der Waals surface area contributed by atoms with Gasteiger partial charge in [0.15, 0.2) is 0 Å². The Morgan fingerprint density at radius 3 is 2.00 bits per heavy atom. The second kappa shape index (κ2) is 12.2. The number of alkyl halides is 6. The number of ether oxygens (including phenoxy) is 1. The summed E-state index contributed by atoms with van der Waals surface area (Å²) in [5.41, 5.74) is -4.95. The Morgan fingerprint density at radius 1 is 0.902 bits per heavy atom. The summed E-state index contributed by atoms with van der Waals surface area (Å²) < 4.78 is 98.7. The summed E-state index contributed by atoms with van der Waals surface area (Å²) >= 11 is 0. The Kier molecular flexibility index (Phi) is 9.07. The molecule has 2 aromatic rings. The maximum absolute atomic E-state index is 13.5. The van der Waals surface area contributed by atoms with Gasteiger partial charge in [-0.1, -0.05) is 12.1 Å². The summed E-state index contributed by atoms with van der Waals surface area (Å²) in [6.07, 6.45) is -5.99. The van der Waals surface area contributed by atoms with Gasteiger partial charge in [0.05, 0.1) is 11.1 Å². The molecule has 13 heteroatoms. The second-order valence-electron chi connectivity index (χ2n) is 10.1. The van der Waals surface area contributed by atoms with Crippen LogP contribution < -0.4 is 10.6 Å². The first-order chi connectivity index (χ1) is 19.2. The van der Waals surface area contributed by atoms with Crippen LogP contribution in [-0.2, 0) is 26.7 Å². The van der Waals surface area contributed by atoms with Crippen LogP contribution in [0.2, 0.25) is 0 Å². The molecule has 2 aliphatic heterocycles. The number of amides is 2. The maximum atomic E-state index is 13.5. The van der Waals surface area contributed by atoms with Gasteiger partial charge in [-0.2, -0.15) is 26.3 Å². The molecule has 2 N–H and O–H groups in total. The molecule has 2 saturated heterocycles. The van der Waals surface area contributed by atoms with Crippen molar-refractivity contribution in [1.29, 1.82) is 0 Å². The number of nitrogens with zero attached hydrogens (tertiary/aromatic N) is 1. The van der Waals surface area contributed by atoms with Gasteiger partial charge in [-0.3, -0.25) is 9.59 Å². The maximum Gasteiger partial charge on any atom is 0.416 e. The zero-order valence-electron chi connectivity index (χ0n) is 21.7. The van der Waals surface area contributed by atoms with Crippen molar-refractivity contribution in [3.05, 3.63) is 71.0 Å². The molecule has 0 bridgehead atoms. The molecular formula is C28H28F7N3O3. The zero-order chi connectivity index (χ0) is 29.8. The van der Waals surface area contributed by atoms with Crippen molar-refractivity contribution in [2.45, 2.75) is 49.6 Å². The van der Waals surface area contributed by atoms with Gasteiger partial charge >= 0.3 is 12.4 Å². The molecule has 0 aliphatic carbocycles. The lowest BCUT2D eigenvalue weighted by atomic mass is 9.84. The number of carbonyl (C=O) groups excluding carboxylic acids is 2. The summed E-state index contributed by atoms with van der Waals surface area (Å²) in [5, 5.41) is 4.84. The van der Waals surface area contributed by atoms with Gasteiger partial charge in [-0.15, -0.1) is 0 Å². The standard InChI is InChI=1S/C28H28F7N3O3/c29-21-4-1-18(2-5-21)3-6-24(39)37-26(9-11-38(12-10-26)23-7-13-41-14-8-23)25(40)36-22-16-19(27(30,31)32)15-20(17-22)28(33,34)35/h1-6,15-17,23H,7-14H2,(H,36,40)(H,37,39). The van der Waals surface area contributed by atoms with Gasteiger partial charge < -0.3 is 20.3 Å². The number of nitrogens with one attached hydrogen (secondary N) is 2. The first-order valence-electron chi connectivity index (χ1n) is 12.9. The molecule has 0 saturated carbocycles. The molecule has 2 aliphatic rings. The van der Waals surface area contributed by atoms with Crippen molar-refractivity contribution < 1.29 is 45.1 Å². The Labute approximate surface area is 231 Å². The van der Waals surface area contributed by atoms with E-state index in [4.69, 9.17) is 4.74 Å². The van der Waals surface area contributed by atoms with Gasteiger partial charge in [-0.25, -0.2) is 4.39 Å². The molecule has 222 valence electrons. The van der Waals surface area contributed by atoms with Gasteiger partial charge in [0, 0.05) is 44.1 Å². The Bertz CT molecular complexity index is 1230. The minimum Gasteiger partial charge on any atom is -0.381 e. The molecule has 4 rings (SSSR count). The van der Waals surface area contributed by atoms with Crippen molar-refractivity contribution in [3.63, 3.8) is 0 Å². The van der Waals surface area contributed by atoms with Crippen LogP contribution in [0.25, 0.3) is 6.08 Å². The average Bonchev–Trinajstić information content (AvgIpc) is 2.92. The van der Waals surface area contributed by atoms with E-state index in [1.165, 1.54) is 30.3 Å². The molecule has 0 unspecified atom stereocenters. The minimum absolute atomic E-state index is 0.0280. The molecular weight excluding hydrogens is 559 g/mol. The highest BCUT2D eigenvalue weighted by Gasteiger charge is 2.44. The monoisotopic (exact) mass is 587 g/mol. The van der Waals surface area contributed by atoms with Crippen molar-refractivity contribution in [2.24, 2.45) is 0 Å². The second-order valence-corrected chi connectivity index (χ2v) is 10.1. The van der Waals surface area contributed by atoms with Crippen LogP contribution in [0, 0.1) is 5.82 Å². The SMILES string of the molecule is O=C(C=Cc1ccc(F)cc1)NC1(C(=O)Nc2cc(C(F)(F)F)cc(C(F)(F)F)c2)CCN(C2CCOCC2)CC1. The van der Waals surface area contributed by atoms with Gasteiger partial charge in [0.25, 0.3) is 0 Å². The number of benzene rings is 2. The predicted molar refractivity (Wildman–Crippen MR) is 136 cm³/mol. The zero-order valence-corrected chi connectivity index (χ0v) is 21.7. The van der Waals surface area contributed by atoms with Crippen molar-refractivity contribution in [3.8, 4) is 0 Å².